The van der Waals surface area contributed by atoms with Crippen molar-refractivity contribution in [3.8, 4) is 22.8 Å². The van der Waals surface area contributed by atoms with Crippen molar-refractivity contribution in [2.45, 2.75) is 0 Å². The Morgan fingerprint density at radius 2 is 1.95 bits per heavy atom. The van der Waals surface area contributed by atoms with E-state index in [0.29, 0.717) is 17.3 Å². The molecule has 0 amide bonds. The first kappa shape index (κ1) is 13.7. The minimum Gasteiger partial charge on any atom is -0.494 e. The molecule has 0 aliphatic carbocycles. The second-order valence-electron chi connectivity index (χ2n) is 4.46. The van der Waals surface area contributed by atoms with Crippen molar-refractivity contribution < 1.29 is 14.6 Å². The summed E-state index contributed by atoms with van der Waals surface area (Å²) in [6.07, 6.45) is 0. The zero-order chi connectivity index (χ0) is 15.5. The number of rotatable bonds is 4. The number of aromatic carboxylic acids is 1. The number of ether oxygens (including phenoxy) is 1. The highest BCUT2D eigenvalue weighted by molar-refractivity contribution is 5.88. The molecular weight excluding hydrogens is 284 g/mol. The largest absolute Gasteiger partial charge is 0.494 e. The number of carboxylic acids is 1. The Hall–Kier alpha value is -3.22. The molecule has 3 aromatic rings. The number of carbonyl (C=O) groups is 1. The molecule has 110 valence electrons. The summed E-state index contributed by atoms with van der Waals surface area (Å²) in [6.45, 7) is 0. The number of aromatic nitrogens is 4. The van der Waals surface area contributed by atoms with Gasteiger partial charge in [0.1, 0.15) is 11.4 Å². The van der Waals surface area contributed by atoms with E-state index in [1.807, 2.05) is 30.3 Å². The van der Waals surface area contributed by atoms with Crippen LogP contribution < -0.4 is 4.74 Å². The maximum absolute atomic E-state index is 11.0. The predicted octanol–water partition coefficient (Wildman–Crippen LogP) is 2.04. The maximum atomic E-state index is 11.0. The Bertz CT molecular complexity index is 815. The van der Waals surface area contributed by atoms with Crippen LogP contribution in [0.15, 0.2) is 48.5 Å². The summed E-state index contributed by atoms with van der Waals surface area (Å²) < 4.78 is 5.21. The molecule has 0 unspecified atom stereocenters. The minimum absolute atomic E-state index is 0.129. The number of carboxylic acid groups (broad SMARTS) is 1. The molecule has 1 aromatic heterocycles. The smallest absolute Gasteiger partial charge is 0.335 e. The number of hydrogen-bond acceptors (Lipinski definition) is 5. The number of hydrogen-bond donors (Lipinski definition) is 1. The third-order valence-electron chi connectivity index (χ3n) is 3.09. The van der Waals surface area contributed by atoms with Crippen molar-refractivity contribution in [2.24, 2.45) is 0 Å². The normalized spacial score (nSPS) is 10.4. The molecule has 0 radical (unpaired) electrons. The Balaban J connectivity index is 2.02. The first-order valence-corrected chi connectivity index (χ1v) is 6.46. The van der Waals surface area contributed by atoms with Crippen LogP contribution in [-0.2, 0) is 0 Å². The average molecular weight is 296 g/mol. The zero-order valence-corrected chi connectivity index (χ0v) is 11.7. The number of methoxy groups -OCH3 is 1. The molecule has 0 fully saturated rings. The lowest BCUT2D eigenvalue weighted by molar-refractivity contribution is 0.0696. The van der Waals surface area contributed by atoms with Crippen LogP contribution in [0.25, 0.3) is 17.1 Å². The van der Waals surface area contributed by atoms with E-state index in [9.17, 15) is 4.79 Å². The van der Waals surface area contributed by atoms with E-state index >= 15 is 0 Å². The van der Waals surface area contributed by atoms with Crippen molar-refractivity contribution in [3.05, 3.63) is 54.1 Å². The SMILES string of the molecule is COc1cc(C(=O)O)ccc1-n1nnc(-c2ccccc2)n1. The quantitative estimate of drug-likeness (QED) is 0.792. The molecule has 0 bridgehead atoms. The van der Waals surface area contributed by atoms with Gasteiger partial charge in [-0.1, -0.05) is 30.3 Å². The highest BCUT2D eigenvalue weighted by Gasteiger charge is 2.13. The topological polar surface area (TPSA) is 90.1 Å². The molecule has 2 aromatic carbocycles. The van der Waals surface area contributed by atoms with Crippen molar-refractivity contribution in [1.29, 1.82) is 0 Å². The molecule has 0 aliphatic heterocycles. The van der Waals surface area contributed by atoms with Gasteiger partial charge in [-0.3, -0.25) is 0 Å². The fourth-order valence-electron chi connectivity index (χ4n) is 2.00. The van der Waals surface area contributed by atoms with Gasteiger partial charge in [-0.15, -0.1) is 15.0 Å². The summed E-state index contributed by atoms with van der Waals surface area (Å²) in [6, 6.07) is 13.9. The molecule has 0 saturated heterocycles. The van der Waals surface area contributed by atoms with Gasteiger partial charge in [-0.25, -0.2) is 4.79 Å². The van der Waals surface area contributed by atoms with Gasteiger partial charge >= 0.3 is 5.97 Å². The lowest BCUT2D eigenvalue weighted by atomic mass is 10.2. The Labute approximate surface area is 125 Å². The Kier molecular flexibility index (Phi) is 3.53. The van der Waals surface area contributed by atoms with Gasteiger partial charge < -0.3 is 9.84 Å². The summed E-state index contributed by atoms with van der Waals surface area (Å²) in [5, 5.41) is 21.3. The van der Waals surface area contributed by atoms with E-state index in [1.165, 1.54) is 24.0 Å². The van der Waals surface area contributed by atoms with Crippen molar-refractivity contribution in [3.63, 3.8) is 0 Å². The maximum Gasteiger partial charge on any atom is 0.335 e. The van der Waals surface area contributed by atoms with Crippen LogP contribution in [0, 0.1) is 0 Å². The lowest BCUT2D eigenvalue weighted by Gasteiger charge is -2.07. The molecule has 0 aliphatic rings. The monoisotopic (exact) mass is 296 g/mol. The third kappa shape index (κ3) is 2.51. The van der Waals surface area contributed by atoms with Crippen molar-refractivity contribution >= 4 is 5.97 Å². The number of nitrogens with zero attached hydrogens (tertiary/aromatic N) is 4. The molecule has 0 spiro atoms. The lowest BCUT2D eigenvalue weighted by Crippen LogP contribution is -2.04. The fourth-order valence-corrected chi connectivity index (χ4v) is 2.00. The first-order valence-electron chi connectivity index (χ1n) is 6.46. The predicted molar refractivity (Wildman–Crippen MR) is 78.1 cm³/mol. The van der Waals surface area contributed by atoms with E-state index in [0.717, 1.165) is 5.56 Å². The molecule has 1 N–H and O–H groups in total. The summed E-state index contributed by atoms with van der Waals surface area (Å²) >= 11 is 0. The van der Waals surface area contributed by atoms with Crippen LogP contribution in [0.4, 0.5) is 0 Å². The molecule has 0 saturated carbocycles. The van der Waals surface area contributed by atoms with Crippen LogP contribution in [0.2, 0.25) is 0 Å². The summed E-state index contributed by atoms with van der Waals surface area (Å²) in [5.74, 6) is -0.191. The van der Waals surface area contributed by atoms with Gasteiger partial charge in [0.25, 0.3) is 0 Å². The number of tetrazole rings is 1. The van der Waals surface area contributed by atoms with Crippen LogP contribution >= 0.6 is 0 Å². The molecule has 1 heterocycles. The van der Waals surface area contributed by atoms with E-state index in [4.69, 9.17) is 9.84 Å². The molecule has 7 heteroatoms. The van der Waals surface area contributed by atoms with E-state index in [-0.39, 0.29) is 5.56 Å². The van der Waals surface area contributed by atoms with E-state index < -0.39 is 5.97 Å². The van der Waals surface area contributed by atoms with Crippen LogP contribution in [0.3, 0.4) is 0 Å². The summed E-state index contributed by atoms with van der Waals surface area (Å²) in [4.78, 5) is 12.3. The van der Waals surface area contributed by atoms with Gasteiger partial charge in [-0.05, 0) is 23.4 Å². The standard InChI is InChI=1S/C15H12N4O3/c1-22-13-9-11(15(20)21)7-8-12(13)19-17-14(16-18-19)10-5-3-2-4-6-10/h2-9H,1H3,(H,20,21). The van der Waals surface area contributed by atoms with Crippen LogP contribution in [0.5, 0.6) is 5.75 Å². The van der Waals surface area contributed by atoms with Gasteiger partial charge in [0.2, 0.25) is 5.82 Å². The molecule has 7 nitrogen and oxygen atoms in total. The highest BCUT2D eigenvalue weighted by atomic mass is 16.5. The second kappa shape index (κ2) is 5.65. The first-order chi connectivity index (χ1) is 10.7. The third-order valence-corrected chi connectivity index (χ3v) is 3.09. The van der Waals surface area contributed by atoms with Gasteiger partial charge in [-0.2, -0.15) is 0 Å². The Morgan fingerprint density at radius 1 is 1.18 bits per heavy atom. The van der Waals surface area contributed by atoms with E-state index in [1.54, 1.807) is 6.07 Å². The zero-order valence-electron chi connectivity index (χ0n) is 11.7. The second-order valence-corrected chi connectivity index (χ2v) is 4.46. The van der Waals surface area contributed by atoms with Gasteiger partial charge in [0.05, 0.1) is 12.7 Å². The van der Waals surface area contributed by atoms with Crippen molar-refractivity contribution in [1.82, 2.24) is 20.2 Å². The van der Waals surface area contributed by atoms with Crippen LogP contribution in [-0.4, -0.2) is 38.4 Å². The van der Waals surface area contributed by atoms with Crippen LogP contribution in [0.1, 0.15) is 10.4 Å². The number of benzene rings is 2. The minimum atomic E-state index is -1.03. The Morgan fingerprint density at radius 3 is 2.64 bits per heavy atom. The fraction of sp³-hybridized carbons (Fsp3) is 0.0667. The van der Waals surface area contributed by atoms with E-state index in [2.05, 4.69) is 15.4 Å². The molecule has 22 heavy (non-hydrogen) atoms. The highest BCUT2D eigenvalue weighted by Crippen LogP contribution is 2.24. The van der Waals surface area contributed by atoms with Crippen molar-refractivity contribution in [2.75, 3.05) is 7.11 Å². The van der Waals surface area contributed by atoms with Gasteiger partial charge in [0, 0.05) is 5.56 Å². The molecule has 3 rings (SSSR count). The summed E-state index contributed by atoms with van der Waals surface area (Å²) in [7, 11) is 1.46. The molecule has 0 atom stereocenters. The van der Waals surface area contributed by atoms with Gasteiger partial charge in [0.15, 0.2) is 0 Å². The molecular formula is C15H12N4O3. The average Bonchev–Trinajstić information content (AvgIpc) is 3.04. The summed E-state index contributed by atoms with van der Waals surface area (Å²) in [5.41, 5.74) is 1.49.